The van der Waals surface area contributed by atoms with Gasteiger partial charge in [-0.15, -0.1) is 0 Å². The summed E-state index contributed by atoms with van der Waals surface area (Å²) < 4.78 is 74.6. The smallest absolute Gasteiger partial charge is 0.258 e. The molecule has 15 heteroatoms. The highest BCUT2D eigenvalue weighted by molar-refractivity contribution is 7.92. The Hall–Kier alpha value is -5.15. The average Bonchev–Trinajstić information content (AvgIpc) is 3.09. The van der Waals surface area contributed by atoms with Gasteiger partial charge >= 0.3 is 0 Å². The number of amides is 2. The van der Waals surface area contributed by atoms with Gasteiger partial charge < -0.3 is 20.1 Å². The predicted octanol–water partition coefficient (Wildman–Crippen LogP) is 7.36. The number of hydrogen-bond acceptors (Lipinski definition) is 8. The molecule has 4 aromatic rings. The van der Waals surface area contributed by atoms with E-state index in [4.69, 9.17) is 9.47 Å². The normalized spacial score (nSPS) is 12.9. The number of carbonyl (C=O) groups is 2. The molecule has 4 aromatic carbocycles. The first-order chi connectivity index (χ1) is 26.3. The summed E-state index contributed by atoms with van der Waals surface area (Å²) in [6.07, 6.45) is 2.04. The Balaban J connectivity index is 0.000000306. The molecule has 310 valence electrons. The lowest BCUT2D eigenvalue weighted by atomic mass is 9.87. The number of anilines is 2. The molecule has 0 heterocycles. The van der Waals surface area contributed by atoms with Gasteiger partial charge in [-0.25, -0.2) is 21.2 Å². The summed E-state index contributed by atoms with van der Waals surface area (Å²) in [5, 5.41) is 5.59. The van der Waals surface area contributed by atoms with Gasteiger partial charge in [-0.1, -0.05) is 84.0 Å². The predicted molar refractivity (Wildman–Crippen MR) is 224 cm³/mol. The molecule has 2 atom stereocenters. The quantitative estimate of drug-likeness (QED) is 0.102. The zero-order valence-electron chi connectivity index (χ0n) is 34.2. The Bertz CT molecular complexity index is 2180. The van der Waals surface area contributed by atoms with Crippen LogP contribution in [0.15, 0.2) is 91.0 Å². The second-order valence-corrected chi connectivity index (χ2v) is 19.3. The Morgan fingerprint density at radius 2 is 0.982 bits per heavy atom. The monoisotopic (exact) mass is 826 g/mol. The number of benzene rings is 4. The van der Waals surface area contributed by atoms with E-state index < -0.39 is 31.9 Å². The molecular weight excluding hydrogens is 772 g/mol. The zero-order valence-corrected chi connectivity index (χ0v) is 35.8. The van der Waals surface area contributed by atoms with Crippen molar-refractivity contribution < 1.29 is 40.3 Å². The molecule has 0 aliphatic carbocycles. The standard InChI is InChI=1S/C21H27FN2O4S.C21H28N2O4S/c1-14(15-6-11-19(18(22)12-15)24-29(5,26)27)23-20(25)13-28-17-9-7-16(8-10-17)21(2,3)4;1-15(16-6-10-18(11-7-16)23-28(5,25)26)22-20(24)14-27-19-12-8-17(9-13-19)21(2,3)4/h6-12,14,24H,13H2,1-5H3,(H,23,25);6-13,15,23H,14H2,1-5H3,(H,22,24)/t14-;15-/m11/s1. The van der Waals surface area contributed by atoms with E-state index in [-0.39, 0.29) is 47.6 Å². The van der Waals surface area contributed by atoms with Crippen LogP contribution in [-0.2, 0) is 40.5 Å². The van der Waals surface area contributed by atoms with Crippen molar-refractivity contribution in [2.75, 3.05) is 35.2 Å². The van der Waals surface area contributed by atoms with Crippen LogP contribution in [0.3, 0.4) is 0 Å². The van der Waals surface area contributed by atoms with Gasteiger partial charge in [-0.2, -0.15) is 0 Å². The Kier molecular flexibility index (Phi) is 15.7. The van der Waals surface area contributed by atoms with Crippen LogP contribution in [0.1, 0.15) is 89.7 Å². The number of halogens is 1. The maximum Gasteiger partial charge on any atom is 0.258 e. The van der Waals surface area contributed by atoms with Crippen molar-refractivity contribution in [1.82, 2.24) is 10.6 Å². The van der Waals surface area contributed by atoms with E-state index in [1.165, 1.54) is 23.3 Å². The molecule has 0 radical (unpaired) electrons. The van der Waals surface area contributed by atoms with Crippen molar-refractivity contribution in [2.24, 2.45) is 0 Å². The Morgan fingerprint density at radius 3 is 1.35 bits per heavy atom. The van der Waals surface area contributed by atoms with Gasteiger partial charge in [0.1, 0.15) is 17.3 Å². The molecule has 0 unspecified atom stereocenters. The summed E-state index contributed by atoms with van der Waals surface area (Å²) in [6.45, 7) is 16.1. The van der Waals surface area contributed by atoms with Crippen LogP contribution in [0.25, 0.3) is 0 Å². The highest BCUT2D eigenvalue weighted by Crippen LogP contribution is 2.26. The first kappa shape index (κ1) is 46.2. The van der Waals surface area contributed by atoms with Crippen LogP contribution in [-0.4, -0.2) is 54.4 Å². The van der Waals surface area contributed by atoms with Crippen LogP contribution in [0, 0.1) is 5.82 Å². The number of ether oxygens (including phenoxy) is 2. The van der Waals surface area contributed by atoms with E-state index >= 15 is 0 Å². The largest absolute Gasteiger partial charge is 0.484 e. The summed E-state index contributed by atoms with van der Waals surface area (Å²) in [5.41, 5.74) is 4.17. The molecule has 0 aliphatic heterocycles. The Morgan fingerprint density at radius 1 is 0.596 bits per heavy atom. The Labute approximate surface area is 337 Å². The van der Waals surface area contributed by atoms with E-state index in [2.05, 4.69) is 61.6 Å². The van der Waals surface area contributed by atoms with Crippen LogP contribution in [0.2, 0.25) is 0 Å². The third kappa shape index (κ3) is 16.5. The average molecular weight is 827 g/mol. The highest BCUT2D eigenvalue weighted by atomic mass is 32.2. The number of carbonyl (C=O) groups excluding carboxylic acids is 2. The van der Waals surface area contributed by atoms with Crippen molar-refractivity contribution in [2.45, 2.75) is 78.3 Å². The summed E-state index contributed by atoms with van der Waals surface area (Å²) in [5.74, 6) is -0.0684. The molecule has 0 saturated carbocycles. The first-order valence-corrected chi connectivity index (χ1v) is 22.0. The SMILES string of the molecule is C[C@@H](NC(=O)COc1ccc(C(C)(C)C)cc1)c1ccc(NS(C)(=O)=O)c(F)c1.C[C@@H](NC(=O)COc1ccc(C(C)(C)C)cc1)c1ccc(NS(C)(=O)=O)cc1. The van der Waals surface area contributed by atoms with Gasteiger partial charge in [0.05, 0.1) is 30.3 Å². The van der Waals surface area contributed by atoms with Gasteiger partial charge in [0.2, 0.25) is 20.0 Å². The van der Waals surface area contributed by atoms with E-state index in [1.807, 2.05) is 55.5 Å². The van der Waals surface area contributed by atoms with Crippen molar-refractivity contribution in [3.05, 3.63) is 119 Å². The summed E-state index contributed by atoms with van der Waals surface area (Å²) >= 11 is 0. The number of hydrogen-bond donors (Lipinski definition) is 4. The number of sulfonamides is 2. The van der Waals surface area contributed by atoms with Gasteiger partial charge in [0.25, 0.3) is 11.8 Å². The topological polar surface area (TPSA) is 169 Å². The number of rotatable bonds is 14. The minimum Gasteiger partial charge on any atom is -0.484 e. The van der Waals surface area contributed by atoms with Crippen LogP contribution in [0.5, 0.6) is 11.5 Å². The van der Waals surface area contributed by atoms with Gasteiger partial charge in [-0.05, 0) is 95.5 Å². The molecule has 0 fully saturated rings. The lowest BCUT2D eigenvalue weighted by Crippen LogP contribution is -2.31. The fourth-order valence-corrected chi connectivity index (χ4v) is 6.40. The molecule has 0 spiro atoms. The molecule has 4 N–H and O–H groups in total. The lowest BCUT2D eigenvalue weighted by molar-refractivity contribution is -0.124. The third-order valence-corrected chi connectivity index (χ3v) is 9.64. The van der Waals surface area contributed by atoms with Crippen molar-refractivity contribution in [3.63, 3.8) is 0 Å². The van der Waals surface area contributed by atoms with Crippen molar-refractivity contribution >= 4 is 43.2 Å². The fraction of sp³-hybridized carbons (Fsp3) is 0.381. The molecule has 0 aromatic heterocycles. The van der Waals surface area contributed by atoms with E-state index in [0.717, 1.165) is 18.1 Å². The fourth-order valence-electron chi connectivity index (χ4n) is 5.27. The van der Waals surface area contributed by atoms with Crippen LogP contribution >= 0.6 is 0 Å². The van der Waals surface area contributed by atoms with E-state index in [0.29, 0.717) is 22.7 Å². The maximum atomic E-state index is 14.1. The second kappa shape index (κ2) is 19.3. The molecule has 2 amide bonds. The minimum atomic E-state index is -3.57. The van der Waals surface area contributed by atoms with Crippen LogP contribution < -0.4 is 29.6 Å². The van der Waals surface area contributed by atoms with Crippen molar-refractivity contribution in [3.8, 4) is 11.5 Å². The van der Waals surface area contributed by atoms with Gasteiger partial charge in [-0.3, -0.25) is 19.0 Å². The maximum absolute atomic E-state index is 14.1. The van der Waals surface area contributed by atoms with Gasteiger partial charge in [0.15, 0.2) is 13.2 Å². The molecule has 0 aliphatic rings. The summed E-state index contributed by atoms with van der Waals surface area (Å²) in [4.78, 5) is 24.3. The molecule has 4 rings (SSSR count). The lowest BCUT2D eigenvalue weighted by Gasteiger charge is -2.19. The number of nitrogens with one attached hydrogen (secondary N) is 4. The van der Waals surface area contributed by atoms with Gasteiger partial charge in [0, 0.05) is 5.69 Å². The minimum absolute atomic E-state index is 0.0347. The molecular formula is C42H55FN4O8S2. The third-order valence-electron chi connectivity index (χ3n) is 8.44. The molecule has 12 nitrogen and oxygen atoms in total. The summed E-state index contributed by atoms with van der Waals surface area (Å²) in [6, 6.07) is 25.5. The molecule has 0 bridgehead atoms. The van der Waals surface area contributed by atoms with Crippen LogP contribution in [0.4, 0.5) is 15.8 Å². The summed E-state index contributed by atoms with van der Waals surface area (Å²) in [7, 11) is -6.88. The van der Waals surface area contributed by atoms with Crippen molar-refractivity contribution in [1.29, 1.82) is 0 Å². The second-order valence-electron chi connectivity index (χ2n) is 15.8. The van der Waals surface area contributed by atoms with E-state index in [1.54, 1.807) is 37.3 Å². The molecule has 57 heavy (non-hydrogen) atoms. The van der Waals surface area contributed by atoms with E-state index in [9.17, 15) is 30.8 Å². The first-order valence-electron chi connectivity index (χ1n) is 18.2. The molecule has 0 saturated heterocycles. The zero-order chi connectivity index (χ0) is 42.8. The highest BCUT2D eigenvalue weighted by Gasteiger charge is 2.17.